The number of hydrogen-bond acceptors (Lipinski definition) is 3. The van der Waals surface area contributed by atoms with Gasteiger partial charge in [0.05, 0.1) is 0 Å². The summed E-state index contributed by atoms with van der Waals surface area (Å²) in [5.41, 5.74) is 1.64. The lowest BCUT2D eigenvalue weighted by atomic mass is 9.99. The molecule has 0 fully saturated rings. The Labute approximate surface area is 128 Å². The van der Waals surface area contributed by atoms with Gasteiger partial charge < -0.3 is 9.84 Å². The third-order valence-corrected chi connectivity index (χ3v) is 4.02. The minimum absolute atomic E-state index is 0.00255. The average molecular weight is 394 g/mol. The molecule has 19 heavy (non-hydrogen) atoms. The second-order valence-corrected chi connectivity index (χ2v) is 5.68. The molecule has 0 saturated carbocycles. The van der Waals surface area contributed by atoms with E-state index in [1.165, 1.54) is 13.0 Å². The van der Waals surface area contributed by atoms with Crippen molar-refractivity contribution < 1.29 is 19.4 Å². The summed E-state index contributed by atoms with van der Waals surface area (Å²) in [6.07, 6.45) is 1.46. The van der Waals surface area contributed by atoms with Crippen molar-refractivity contribution in [3.05, 3.63) is 27.2 Å². The Morgan fingerprint density at radius 2 is 2.05 bits per heavy atom. The average Bonchev–Trinajstić information content (AvgIpc) is 2.32. The van der Waals surface area contributed by atoms with E-state index in [2.05, 4.69) is 31.9 Å². The van der Waals surface area contributed by atoms with Gasteiger partial charge in [0.1, 0.15) is 11.3 Å². The van der Waals surface area contributed by atoms with Crippen LogP contribution in [0.15, 0.2) is 10.5 Å². The number of aromatic carboxylic acids is 1. The Morgan fingerprint density at radius 1 is 1.42 bits per heavy atom. The number of benzene rings is 1. The van der Waals surface area contributed by atoms with Crippen LogP contribution in [0.1, 0.15) is 34.8 Å². The standard InChI is InChI=1S/C13H14Br2O4/c1-7-9(4-3-5-14)12(19-8(2)16)10(13(17)18)6-11(7)15/h6H,3-5H2,1-2H3,(H,17,18). The van der Waals surface area contributed by atoms with Crippen LogP contribution in [-0.4, -0.2) is 22.4 Å². The van der Waals surface area contributed by atoms with Crippen LogP contribution in [0.3, 0.4) is 0 Å². The fourth-order valence-corrected chi connectivity index (χ4v) is 2.49. The van der Waals surface area contributed by atoms with Gasteiger partial charge >= 0.3 is 11.9 Å². The molecule has 0 saturated heterocycles. The largest absolute Gasteiger partial charge is 0.478 e. The molecule has 0 spiro atoms. The topological polar surface area (TPSA) is 63.6 Å². The molecule has 0 heterocycles. The summed E-state index contributed by atoms with van der Waals surface area (Å²) in [4.78, 5) is 22.4. The zero-order valence-corrected chi connectivity index (χ0v) is 13.8. The van der Waals surface area contributed by atoms with E-state index in [9.17, 15) is 14.7 Å². The lowest BCUT2D eigenvalue weighted by Crippen LogP contribution is -2.11. The first kappa shape index (κ1) is 16.2. The van der Waals surface area contributed by atoms with E-state index in [1.54, 1.807) is 0 Å². The van der Waals surface area contributed by atoms with E-state index in [-0.39, 0.29) is 11.3 Å². The molecule has 1 rings (SSSR count). The van der Waals surface area contributed by atoms with Crippen LogP contribution in [0, 0.1) is 6.92 Å². The Morgan fingerprint density at radius 3 is 2.53 bits per heavy atom. The van der Waals surface area contributed by atoms with Gasteiger partial charge in [0.2, 0.25) is 0 Å². The van der Waals surface area contributed by atoms with Crippen molar-refractivity contribution in [1.82, 2.24) is 0 Å². The molecule has 0 aliphatic heterocycles. The highest BCUT2D eigenvalue weighted by molar-refractivity contribution is 9.10. The predicted molar refractivity (Wildman–Crippen MR) is 79.3 cm³/mol. The van der Waals surface area contributed by atoms with Crippen molar-refractivity contribution in [3.63, 3.8) is 0 Å². The van der Waals surface area contributed by atoms with Crippen molar-refractivity contribution in [1.29, 1.82) is 0 Å². The SMILES string of the molecule is CC(=O)Oc1c(C(=O)O)cc(Br)c(C)c1CCCBr. The number of halogens is 2. The molecule has 0 aliphatic rings. The van der Waals surface area contributed by atoms with Crippen molar-refractivity contribution >= 4 is 43.8 Å². The number of carbonyl (C=O) groups excluding carboxylic acids is 1. The second-order valence-electron chi connectivity index (χ2n) is 4.03. The van der Waals surface area contributed by atoms with Crippen LogP contribution in [0.5, 0.6) is 5.75 Å². The lowest BCUT2D eigenvalue weighted by molar-refractivity contribution is -0.131. The first-order chi connectivity index (χ1) is 8.88. The molecule has 0 unspecified atom stereocenters. The van der Waals surface area contributed by atoms with Crippen molar-refractivity contribution in [2.75, 3.05) is 5.33 Å². The maximum Gasteiger partial charge on any atom is 0.339 e. The van der Waals surface area contributed by atoms with Gasteiger partial charge in [-0.1, -0.05) is 31.9 Å². The molecule has 1 aromatic rings. The molecular weight excluding hydrogens is 380 g/mol. The maximum absolute atomic E-state index is 11.3. The molecule has 0 atom stereocenters. The summed E-state index contributed by atoms with van der Waals surface area (Å²) in [6, 6.07) is 1.47. The zero-order valence-electron chi connectivity index (χ0n) is 10.6. The van der Waals surface area contributed by atoms with Crippen LogP contribution >= 0.6 is 31.9 Å². The van der Waals surface area contributed by atoms with E-state index in [0.717, 1.165) is 22.9 Å². The predicted octanol–water partition coefficient (Wildman–Crippen LogP) is 3.71. The molecule has 0 amide bonds. The van der Waals surface area contributed by atoms with E-state index in [4.69, 9.17) is 4.74 Å². The summed E-state index contributed by atoms with van der Waals surface area (Å²) < 4.78 is 5.81. The van der Waals surface area contributed by atoms with Gasteiger partial charge in [-0.25, -0.2) is 4.79 Å². The molecule has 0 radical (unpaired) electrons. The molecule has 0 aromatic heterocycles. The minimum atomic E-state index is -1.11. The maximum atomic E-state index is 11.3. The first-order valence-electron chi connectivity index (χ1n) is 5.68. The highest BCUT2D eigenvalue weighted by Crippen LogP contribution is 2.34. The van der Waals surface area contributed by atoms with Gasteiger partial charge in [0.25, 0.3) is 0 Å². The fourth-order valence-electron chi connectivity index (χ4n) is 1.74. The zero-order chi connectivity index (χ0) is 14.6. The molecule has 104 valence electrons. The fraction of sp³-hybridized carbons (Fsp3) is 0.385. The van der Waals surface area contributed by atoms with Crippen LogP contribution in [-0.2, 0) is 11.2 Å². The van der Waals surface area contributed by atoms with E-state index in [0.29, 0.717) is 10.9 Å². The third-order valence-electron chi connectivity index (χ3n) is 2.64. The Bertz CT molecular complexity index is 512. The van der Waals surface area contributed by atoms with Gasteiger partial charge in [-0.2, -0.15) is 0 Å². The quantitative estimate of drug-likeness (QED) is 0.470. The van der Waals surface area contributed by atoms with Crippen LogP contribution < -0.4 is 4.74 Å². The van der Waals surface area contributed by atoms with Gasteiger partial charge in [-0.15, -0.1) is 0 Å². The molecule has 6 heteroatoms. The Hall–Kier alpha value is -0.880. The first-order valence-corrected chi connectivity index (χ1v) is 7.59. The highest BCUT2D eigenvalue weighted by atomic mass is 79.9. The molecular formula is C13H14Br2O4. The van der Waals surface area contributed by atoms with Gasteiger partial charge in [-0.05, 0) is 37.0 Å². The van der Waals surface area contributed by atoms with E-state index in [1.807, 2.05) is 6.92 Å². The number of carbonyl (C=O) groups is 2. The van der Waals surface area contributed by atoms with Crippen LogP contribution in [0.4, 0.5) is 0 Å². The number of rotatable bonds is 5. The highest BCUT2D eigenvalue weighted by Gasteiger charge is 2.21. The molecule has 4 nitrogen and oxygen atoms in total. The number of alkyl halides is 1. The number of carboxylic acids is 1. The van der Waals surface area contributed by atoms with Crippen LogP contribution in [0.25, 0.3) is 0 Å². The second kappa shape index (κ2) is 7.05. The Kier molecular flexibility index (Phi) is 6.00. The lowest BCUT2D eigenvalue weighted by Gasteiger charge is -2.16. The smallest absolute Gasteiger partial charge is 0.339 e. The van der Waals surface area contributed by atoms with Gasteiger partial charge in [-0.3, -0.25) is 4.79 Å². The molecule has 1 aromatic carbocycles. The number of ether oxygens (including phenoxy) is 1. The summed E-state index contributed by atoms with van der Waals surface area (Å²) in [6.45, 7) is 3.13. The van der Waals surface area contributed by atoms with Gasteiger partial charge in [0, 0.05) is 16.7 Å². The normalized spacial score (nSPS) is 10.3. The Balaban J connectivity index is 3.44. The number of esters is 1. The minimum Gasteiger partial charge on any atom is -0.478 e. The van der Waals surface area contributed by atoms with Crippen LogP contribution in [0.2, 0.25) is 0 Å². The third kappa shape index (κ3) is 4.04. The molecule has 0 bridgehead atoms. The number of hydrogen-bond donors (Lipinski definition) is 1. The number of carboxylic acid groups (broad SMARTS) is 1. The summed E-state index contributed by atoms with van der Waals surface area (Å²) in [5.74, 6) is -1.48. The monoisotopic (exact) mass is 392 g/mol. The summed E-state index contributed by atoms with van der Waals surface area (Å²) in [5, 5.41) is 10.0. The van der Waals surface area contributed by atoms with E-state index >= 15 is 0 Å². The summed E-state index contributed by atoms with van der Waals surface area (Å²) in [7, 11) is 0. The van der Waals surface area contributed by atoms with Gasteiger partial charge in [0.15, 0.2) is 0 Å². The van der Waals surface area contributed by atoms with Crippen molar-refractivity contribution in [2.45, 2.75) is 26.7 Å². The van der Waals surface area contributed by atoms with E-state index < -0.39 is 11.9 Å². The van der Waals surface area contributed by atoms with Crippen molar-refractivity contribution in [2.24, 2.45) is 0 Å². The molecule has 1 N–H and O–H groups in total. The summed E-state index contributed by atoms with van der Waals surface area (Å²) >= 11 is 6.68. The van der Waals surface area contributed by atoms with Crippen molar-refractivity contribution in [3.8, 4) is 5.75 Å². The molecule has 0 aliphatic carbocycles.